The zero-order valence-corrected chi connectivity index (χ0v) is 18.4. The summed E-state index contributed by atoms with van der Waals surface area (Å²) in [4.78, 5) is 15.0. The Morgan fingerprint density at radius 3 is 2.14 bits per heavy atom. The average Bonchev–Trinajstić information content (AvgIpc) is 3.10. The van der Waals surface area contributed by atoms with E-state index in [1.54, 1.807) is 33.5 Å². The molecule has 5 nitrogen and oxygen atoms in total. The van der Waals surface area contributed by atoms with Crippen molar-refractivity contribution in [2.45, 2.75) is 39.0 Å². The Hall–Kier alpha value is -2.18. The van der Waals surface area contributed by atoms with E-state index < -0.39 is 10.0 Å². The van der Waals surface area contributed by atoms with Gasteiger partial charge in [-0.1, -0.05) is 45.9 Å². The van der Waals surface area contributed by atoms with Crippen LogP contribution < -0.4 is 4.90 Å². The van der Waals surface area contributed by atoms with Gasteiger partial charge in [0, 0.05) is 30.9 Å². The molecule has 0 aromatic heterocycles. The minimum atomic E-state index is -3.59. The van der Waals surface area contributed by atoms with Crippen LogP contribution in [0.4, 0.5) is 5.69 Å². The molecule has 0 N–H and O–H groups in total. The molecule has 0 unspecified atom stereocenters. The molecule has 0 saturated heterocycles. The van der Waals surface area contributed by atoms with E-state index in [1.165, 1.54) is 0 Å². The standard InChI is InChI=1S/C23H30N2O3S/c1-17(2)15-24(16-18(3)4)29(27,28)21-11-9-20(10-12-21)23(26)25-14-13-19-7-5-6-8-22(19)25/h5-12,17-18H,13-16H2,1-4H3. The molecule has 0 saturated carbocycles. The molecule has 1 heterocycles. The number of hydrogen-bond acceptors (Lipinski definition) is 3. The van der Waals surface area contributed by atoms with Gasteiger partial charge >= 0.3 is 0 Å². The van der Waals surface area contributed by atoms with Gasteiger partial charge in [-0.2, -0.15) is 4.31 Å². The van der Waals surface area contributed by atoms with Gasteiger partial charge in [-0.15, -0.1) is 0 Å². The van der Waals surface area contributed by atoms with Crippen LogP contribution in [0.5, 0.6) is 0 Å². The summed E-state index contributed by atoms with van der Waals surface area (Å²) in [5.74, 6) is 0.374. The van der Waals surface area contributed by atoms with Crippen molar-refractivity contribution in [2.24, 2.45) is 11.8 Å². The number of fused-ring (bicyclic) bond motifs is 1. The van der Waals surface area contributed by atoms with Crippen LogP contribution in [0.15, 0.2) is 53.4 Å². The predicted molar refractivity (Wildman–Crippen MR) is 117 cm³/mol. The molecule has 1 amide bonds. The molecule has 0 bridgehead atoms. The minimum Gasteiger partial charge on any atom is -0.308 e. The van der Waals surface area contributed by atoms with Crippen molar-refractivity contribution in [2.75, 3.05) is 24.5 Å². The molecule has 1 aliphatic heterocycles. The van der Waals surface area contributed by atoms with E-state index >= 15 is 0 Å². The van der Waals surface area contributed by atoms with Gasteiger partial charge in [0.05, 0.1) is 4.90 Å². The van der Waals surface area contributed by atoms with Crippen LogP contribution in [0.25, 0.3) is 0 Å². The first-order valence-corrected chi connectivity index (χ1v) is 11.6. The summed E-state index contributed by atoms with van der Waals surface area (Å²) in [7, 11) is -3.59. The topological polar surface area (TPSA) is 57.7 Å². The molecule has 3 rings (SSSR count). The maximum Gasteiger partial charge on any atom is 0.258 e. The lowest BCUT2D eigenvalue weighted by Crippen LogP contribution is -2.37. The largest absolute Gasteiger partial charge is 0.308 e. The number of benzene rings is 2. The number of anilines is 1. The van der Waals surface area contributed by atoms with E-state index in [0.717, 1.165) is 17.7 Å². The number of hydrogen-bond donors (Lipinski definition) is 0. The highest BCUT2D eigenvalue weighted by atomic mass is 32.2. The molecule has 6 heteroatoms. The smallest absolute Gasteiger partial charge is 0.258 e. The molecule has 1 aliphatic rings. The van der Waals surface area contributed by atoms with Crippen molar-refractivity contribution >= 4 is 21.6 Å². The maximum atomic E-state index is 13.1. The first-order valence-electron chi connectivity index (χ1n) is 10.2. The molecule has 0 spiro atoms. The summed E-state index contributed by atoms with van der Waals surface area (Å²) < 4.78 is 27.8. The van der Waals surface area contributed by atoms with E-state index in [4.69, 9.17) is 0 Å². The van der Waals surface area contributed by atoms with Crippen molar-refractivity contribution < 1.29 is 13.2 Å². The Bertz CT molecular complexity index is 956. The lowest BCUT2D eigenvalue weighted by molar-refractivity contribution is 0.0989. The van der Waals surface area contributed by atoms with Crippen LogP contribution in [0, 0.1) is 11.8 Å². The van der Waals surface area contributed by atoms with Crippen molar-refractivity contribution in [3.05, 3.63) is 59.7 Å². The van der Waals surface area contributed by atoms with Gasteiger partial charge in [-0.3, -0.25) is 4.79 Å². The SMILES string of the molecule is CC(C)CN(CC(C)C)S(=O)(=O)c1ccc(C(=O)N2CCc3ccccc32)cc1. The molecule has 29 heavy (non-hydrogen) atoms. The first kappa shape index (κ1) is 21.5. The van der Waals surface area contributed by atoms with Crippen LogP contribution >= 0.6 is 0 Å². The number of para-hydroxylation sites is 1. The third kappa shape index (κ3) is 4.70. The second kappa shape index (κ2) is 8.67. The Kier molecular flexibility index (Phi) is 6.44. The van der Waals surface area contributed by atoms with E-state index in [1.807, 2.05) is 52.0 Å². The molecular weight excluding hydrogens is 384 g/mol. The zero-order chi connectivity index (χ0) is 21.2. The predicted octanol–water partition coefficient (Wildman–Crippen LogP) is 4.19. The summed E-state index contributed by atoms with van der Waals surface area (Å²) in [6.45, 7) is 9.65. The molecule has 2 aromatic carbocycles. The number of nitrogens with zero attached hydrogens (tertiary/aromatic N) is 2. The Balaban J connectivity index is 1.83. The first-order chi connectivity index (χ1) is 13.7. The lowest BCUT2D eigenvalue weighted by Gasteiger charge is -2.25. The van der Waals surface area contributed by atoms with Gasteiger partial charge in [0.1, 0.15) is 0 Å². The van der Waals surface area contributed by atoms with Crippen molar-refractivity contribution in [1.29, 1.82) is 0 Å². The molecule has 2 aromatic rings. The van der Waals surface area contributed by atoms with Crippen molar-refractivity contribution in [3.63, 3.8) is 0 Å². The van der Waals surface area contributed by atoms with Gasteiger partial charge in [0.25, 0.3) is 5.91 Å². The Labute approximate surface area is 174 Å². The molecular formula is C23H30N2O3S. The Morgan fingerprint density at radius 1 is 0.966 bits per heavy atom. The highest BCUT2D eigenvalue weighted by molar-refractivity contribution is 7.89. The summed E-state index contributed by atoms with van der Waals surface area (Å²) >= 11 is 0. The van der Waals surface area contributed by atoms with Gasteiger partial charge in [0.15, 0.2) is 0 Å². The fraction of sp³-hybridized carbons (Fsp3) is 0.435. The zero-order valence-electron chi connectivity index (χ0n) is 17.6. The molecule has 0 atom stereocenters. The monoisotopic (exact) mass is 414 g/mol. The highest BCUT2D eigenvalue weighted by Gasteiger charge is 2.28. The summed E-state index contributed by atoms with van der Waals surface area (Å²) in [6, 6.07) is 14.3. The van der Waals surface area contributed by atoms with E-state index in [2.05, 4.69) is 0 Å². The quantitative estimate of drug-likeness (QED) is 0.682. The van der Waals surface area contributed by atoms with Crippen LogP contribution in [-0.4, -0.2) is 38.3 Å². The third-order valence-corrected chi connectivity index (χ3v) is 6.85. The summed E-state index contributed by atoms with van der Waals surface area (Å²) in [5.41, 5.74) is 2.60. The van der Waals surface area contributed by atoms with Gasteiger partial charge < -0.3 is 4.90 Å². The Morgan fingerprint density at radius 2 is 1.55 bits per heavy atom. The number of sulfonamides is 1. The highest BCUT2D eigenvalue weighted by Crippen LogP contribution is 2.29. The second-order valence-electron chi connectivity index (χ2n) is 8.47. The van der Waals surface area contributed by atoms with Crippen LogP contribution in [-0.2, 0) is 16.4 Å². The molecule has 156 valence electrons. The van der Waals surface area contributed by atoms with E-state index in [9.17, 15) is 13.2 Å². The van der Waals surface area contributed by atoms with Gasteiger partial charge in [-0.05, 0) is 54.2 Å². The third-order valence-electron chi connectivity index (χ3n) is 5.01. The van der Waals surface area contributed by atoms with Crippen LogP contribution in [0.1, 0.15) is 43.6 Å². The maximum absolute atomic E-state index is 13.1. The van der Waals surface area contributed by atoms with E-state index in [-0.39, 0.29) is 22.6 Å². The number of carbonyl (C=O) groups excluding carboxylic acids is 1. The van der Waals surface area contributed by atoms with Gasteiger partial charge in [-0.25, -0.2) is 8.42 Å². The van der Waals surface area contributed by atoms with Crippen LogP contribution in [0.2, 0.25) is 0 Å². The summed E-state index contributed by atoms with van der Waals surface area (Å²) in [5, 5.41) is 0. The minimum absolute atomic E-state index is 0.0971. The fourth-order valence-corrected chi connectivity index (χ4v) is 5.48. The van der Waals surface area contributed by atoms with Crippen molar-refractivity contribution in [1.82, 2.24) is 4.31 Å². The molecule has 0 aliphatic carbocycles. The normalized spacial score (nSPS) is 14.1. The fourth-order valence-electron chi connectivity index (χ4n) is 3.71. The molecule has 0 radical (unpaired) electrons. The van der Waals surface area contributed by atoms with E-state index in [0.29, 0.717) is 25.2 Å². The second-order valence-corrected chi connectivity index (χ2v) is 10.4. The van der Waals surface area contributed by atoms with Gasteiger partial charge in [0.2, 0.25) is 10.0 Å². The number of carbonyl (C=O) groups is 1. The lowest BCUT2D eigenvalue weighted by atomic mass is 10.1. The van der Waals surface area contributed by atoms with Crippen molar-refractivity contribution in [3.8, 4) is 0 Å². The summed E-state index contributed by atoms with van der Waals surface area (Å²) in [6.07, 6.45) is 0.841. The van der Waals surface area contributed by atoms with Crippen LogP contribution in [0.3, 0.4) is 0 Å². The molecule has 0 fully saturated rings. The number of rotatable bonds is 7. The average molecular weight is 415 g/mol. The number of amides is 1.